The van der Waals surface area contributed by atoms with Gasteiger partial charge in [0.1, 0.15) is 24.0 Å². The summed E-state index contributed by atoms with van der Waals surface area (Å²) in [7, 11) is 0. The van der Waals surface area contributed by atoms with E-state index in [0.29, 0.717) is 31.9 Å². The number of nitrogens with one attached hydrogen (secondary N) is 1. The van der Waals surface area contributed by atoms with Gasteiger partial charge in [-0.1, -0.05) is 12.1 Å². The number of furan rings is 1. The SMILES string of the molecule is CC(C)(C)OC(=O)N1CCCC1C(=O)Nc1cccc(COCc2ccco2)c1. The van der Waals surface area contributed by atoms with Gasteiger partial charge in [0.05, 0.1) is 12.9 Å². The van der Waals surface area contributed by atoms with Crippen molar-refractivity contribution in [2.75, 3.05) is 11.9 Å². The number of benzene rings is 1. The molecular formula is C22H28N2O5. The largest absolute Gasteiger partial charge is 0.467 e. The molecule has 0 bridgehead atoms. The van der Waals surface area contributed by atoms with Crippen LogP contribution in [0, 0.1) is 0 Å². The number of ether oxygens (including phenoxy) is 2. The number of carbonyl (C=O) groups is 2. The molecule has 3 rings (SSSR count). The van der Waals surface area contributed by atoms with Crippen molar-refractivity contribution >= 4 is 17.7 Å². The van der Waals surface area contributed by atoms with Crippen molar-refractivity contribution in [2.24, 2.45) is 0 Å². The highest BCUT2D eigenvalue weighted by molar-refractivity contribution is 5.96. The van der Waals surface area contributed by atoms with Gasteiger partial charge in [0.2, 0.25) is 5.91 Å². The fourth-order valence-corrected chi connectivity index (χ4v) is 3.21. The van der Waals surface area contributed by atoms with Crippen molar-refractivity contribution in [1.29, 1.82) is 0 Å². The first kappa shape index (κ1) is 20.9. The Labute approximate surface area is 171 Å². The second kappa shape index (κ2) is 9.13. The topological polar surface area (TPSA) is 81.0 Å². The molecule has 29 heavy (non-hydrogen) atoms. The molecule has 1 atom stereocenters. The average molecular weight is 400 g/mol. The van der Waals surface area contributed by atoms with E-state index < -0.39 is 17.7 Å². The van der Waals surface area contributed by atoms with E-state index >= 15 is 0 Å². The molecule has 2 aromatic rings. The van der Waals surface area contributed by atoms with Gasteiger partial charge >= 0.3 is 6.09 Å². The zero-order valence-corrected chi connectivity index (χ0v) is 17.1. The van der Waals surface area contributed by atoms with Crippen molar-refractivity contribution in [3.63, 3.8) is 0 Å². The number of hydrogen-bond donors (Lipinski definition) is 1. The average Bonchev–Trinajstić information content (AvgIpc) is 3.32. The zero-order valence-electron chi connectivity index (χ0n) is 17.1. The molecule has 1 saturated heterocycles. The van der Waals surface area contributed by atoms with E-state index in [1.807, 2.05) is 57.2 Å². The molecule has 0 saturated carbocycles. The van der Waals surface area contributed by atoms with Gasteiger partial charge in [-0.2, -0.15) is 0 Å². The van der Waals surface area contributed by atoms with Crippen LogP contribution in [-0.2, 0) is 27.5 Å². The van der Waals surface area contributed by atoms with Crippen LogP contribution in [0.25, 0.3) is 0 Å². The molecule has 1 aromatic heterocycles. The number of nitrogens with zero attached hydrogens (tertiary/aromatic N) is 1. The summed E-state index contributed by atoms with van der Waals surface area (Å²) >= 11 is 0. The van der Waals surface area contributed by atoms with Crippen molar-refractivity contribution in [1.82, 2.24) is 4.90 Å². The molecule has 1 aliphatic heterocycles. The molecule has 7 nitrogen and oxygen atoms in total. The summed E-state index contributed by atoms with van der Waals surface area (Å²) in [5.74, 6) is 0.555. The molecule has 1 unspecified atom stereocenters. The third-order valence-electron chi connectivity index (χ3n) is 4.47. The molecule has 0 spiro atoms. The normalized spacial score (nSPS) is 16.7. The lowest BCUT2D eigenvalue weighted by atomic mass is 10.1. The predicted molar refractivity (Wildman–Crippen MR) is 108 cm³/mol. The number of carbonyl (C=O) groups excluding carboxylic acids is 2. The summed E-state index contributed by atoms with van der Waals surface area (Å²) in [6.07, 6.45) is 2.56. The lowest BCUT2D eigenvalue weighted by Crippen LogP contribution is -2.45. The zero-order chi connectivity index (χ0) is 20.9. The molecule has 2 amide bonds. The summed E-state index contributed by atoms with van der Waals surface area (Å²) in [5, 5.41) is 2.91. The number of likely N-dealkylation sites (tertiary alicyclic amines) is 1. The first-order valence-electron chi connectivity index (χ1n) is 9.81. The van der Waals surface area contributed by atoms with Gasteiger partial charge in [0, 0.05) is 12.2 Å². The van der Waals surface area contributed by atoms with Crippen molar-refractivity contribution in [3.8, 4) is 0 Å². The fourth-order valence-electron chi connectivity index (χ4n) is 3.21. The second-order valence-corrected chi connectivity index (χ2v) is 8.09. The Morgan fingerprint density at radius 3 is 2.76 bits per heavy atom. The summed E-state index contributed by atoms with van der Waals surface area (Å²) in [4.78, 5) is 26.7. The number of rotatable bonds is 6. The standard InChI is InChI=1S/C22H28N2O5/c1-22(2,3)29-21(26)24-11-5-10-19(24)20(25)23-17-8-4-7-16(13-17)14-27-15-18-9-6-12-28-18/h4,6-9,12-13,19H,5,10-11,14-15H2,1-3H3,(H,23,25). The highest BCUT2D eigenvalue weighted by Crippen LogP contribution is 2.22. The molecule has 7 heteroatoms. The monoisotopic (exact) mass is 400 g/mol. The van der Waals surface area contributed by atoms with Gasteiger partial charge in [-0.3, -0.25) is 9.69 Å². The Kier molecular flexibility index (Phi) is 6.59. The van der Waals surface area contributed by atoms with Gasteiger partial charge in [-0.15, -0.1) is 0 Å². The smallest absolute Gasteiger partial charge is 0.410 e. The van der Waals surface area contributed by atoms with E-state index in [1.54, 1.807) is 6.26 Å². The van der Waals surface area contributed by atoms with Crippen molar-refractivity contribution in [3.05, 3.63) is 54.0 Å². The van der Waals surface area contributed by atoms with E-state index in [2.05, 4.69) is 5.32 Å². The van der Waals surface area contributed by atoms with Crippen LogP contribution in [0.1, 0.15) is 44.9 Å². The lowest BCUT2D eigenvalue weighted by Gasteiger charge is -2.28. The van der Waals surface area contributed by atoms with E-state index in [0.717, 1.165) is 17.7 Å². The minimum Gasteiger partial charge on any atom is -0.467 e. The van der Waals surface area contributed by atoms with Crippen LogP contribution in [0.15, 0.2) is 47.1 Å². The molecule has 2 heterocycles. The van der Waals surface area contributed by atoms with Gasteiger partial charge < -0.3 is 19.2 Å². The van der Waals surface area contributed by atoms with Crippen LogP contribution in [0.2, 0.25) is 0 Å². The molecule has 0 aliphatic carbocycles. The highest BCUT2D eigenvalue weighted by atomic mass is 16.6. The van der Waals surface area contributed by atoms with Crippen molar-refractivity contribution in [2.45, 2.75) is 58.5 Å². The summed E-state index contributed by atoms with van der Waals surface area (Å²) in [6.45, 7) is 6.75. The Morgan fingerprint density at radius 1 is 1.21 bits per heavy atom. The van der Waals surface area contributed by atoms with Gasteiger partial charge in [-0.25, -0.2) is 4.79 Å². The maximum Gasteiger partial charge on any atom is 0.410 e. The Hall–Kier alpha value is -2.80. The summed E-state index contributed by atoms with van der Waals surface area (Å²) in [5.41, 5.74) is 1.01. The molecule has 1 fully saturated rings. The van der Waals surface area contributed by atoms with Crippen LogP contribution in [0.4, 0.5) is 10.5 Å². The van der Waals surface area contributed by atoms with Gasteiger partial charge in [0.25, 0.3) is 0 Å². The van der Waals surface area contributed by atoms with Crippen LogP contribution in [0.3, 0.4) is 0 Å². The third kappa shape index (κ3) is 6.09. The quantitative estimate of drug-likeness (QED) is 0.780. The van der Waals surface area contributed by atoms with Crippen LogP contribution >= 0.6 is 0 Å². The minimum absolute atomic E-state index is 0.206. The second-order valence-electron chi connectivity index (χ2n) is 8.09. The Morgan fingerprint density at radius 2 is 2.03 bits per heavy atom. The van der Waals surface area contributed by atoms with E-state index in [-0.39, 0.29) is 5.91 Å². The molecule has 1 N–H and O–H groups in total. The first-order chi connectivity index (χ1) is 13.8. The first-order valence-corrected chi connectivity index (χ1v) is 9.81. The molecule has 156 valence electrons. The van der Waals surface area contributed by atoms with Crippen LogP contribution in [0.5, 0.6) is 0 Å². The maximum atomic E-state index is 12.8. The van der Waals surface area contributed by atoms with Crippen LogP contribution < -0.4 is 5.32 Å². The lowest BCUT2D eigenvalue weighted by molar-refractivity contribution is -0.120. The van der Waals surface area contributed by atoms with Crippen LogP contribution in [-0.4, -0.2) is 35.1 Å². The summed E-state index contributed by atoms with van der Waals surface area (Å²) in [6, 6.07) is 10.6. The summed E-state index contributed by atoms with van der Waals surface area (Å²) < 4.78 is 16.3. The third-order valence-corrected chi connectivity index (χ3v) is 4.47. The minimum atomic E-state index is -0.593. The Balaban J connectivity index is 1.56. The number of amides is 2. The molecule has 1 aliphatic rings. The van der Waals surface area contributed by atoms with E-state index in [4.69, 9.17) is 13.9 Å². The fraction of sp³-hybridized carbons (Fsp3) is 0.455. The predicted octanol–water partition coefficient (Wildman–Crippen LogP) is 4.33. The van der Waals surface area contributed by atoms with E-state index in [9.17, 15) is 9.59 Å². The maximum absolute atomic E-state index is 12.8. The number of hydrogen-bond acceptors (Lipinski definition) is 5. The molecular weight excluding hydrogens is 372 g/mol. The molecule has 1 aromatic carbocycles. The Bertz CT molecular complexity index is 826. The van der Waals surface area contributed by atoms with E-state index in [1.165, 1.54) is 4.90 Å². The highest BCUT2D eigenvalue weighted by Gasteiger charge is 2.36. The number of anilines is 1. The van der Waals surface area contributed by atoms with Crippen molar-refractivity contribution < 1.29 is 23.5 Å². The van der Waals surface area contributed by atoms with Gasteiger partial charge in [0.15, 0.2) is 0 Å². The molecule has 0 radical (unpaired) electrons. The van der Waals surface area contributed by atoms with Gasteiger partial charge in [-0.05, 0) is 63.4 Å².